The van der Waals surface area contributed by atoms with Crippen LogP contribution in [0.4, 0.5) is 10.1 Å². The number of hydrogen-bond acceptors (Lipinski definition) is 5. The molecule has 6 nitrogen and oxygen atoms in total. The summed E-state index contributed by atoms with van der Waals surface area (Å²) >= 11 is 0. The molecule has 0 aromatic heterocycles. The third-order valence-corrected chi connectivity index (χ3v) is 5.56. The monoisotopic (exact) mass is 461 g/mol. The highest BCUT2D eigenvalue weighted by Gasteiger charge is 2.47. The van der Waals surface area contributed by atoms with E-state index in [4.69, 9.17) is 9.47 Å². The van der Waals surface area contributed by atoms with Crippen molar-refractivity contribution in [3.8, 4) is 11.5 Å². The van der Waals surface area contributed by atoms with Crippen LogP contribution in [-0.4, -0.2) is 30.5 Å². The summed E-state index contributed by atoms with van der Waals surface area (Å²) in [4.78, 5) is 27.7. The number of aliphatic hydroxyl groups excluding tert-OH is 1. The summed E-state index contributed by atoms with van der Waals surface area (Å²) in [6, 6.07) is 18.4. The van der Waals surface area contributed by atoms with Gasteiger partial charge in [0.25, 0.3) is 11.7 Å². The van der Waals surface area contributed by atoms with Crippen molar-refractivity contribution in [1.29, 1.82) is 0 Å². The Labute approximate surface area is 196 Å². The number of aliphatic hydroxyl groups is 1. The van der Waals surface area contributed by atoms with Crippen molar-refractivity contribution in [2.45, 2.75) is 19.4 Å². The predicted molar refractivity (Wildman–Crippen MR) is 126 cm³/mol. The van der Waals surface area contributed by atoms with Crippen LogP contribution < -0.4 is 14.4 Å². The number of ether oxygens (including phenoxy) is 2. The number of carbonyl (C=O) groups is 2. The van der Waals surface area contributed by atoms with Gasteiger partial charge in [-0.1, -0.05) is 37.3 Å². The van der Waals surface area contributed by atoms with Gasteiger partial charge in [-0.3, -0.25) is 14.5 Å². The summed E-state index contributed by atoms with van der Waals surface area (Å²) in [5.41, 5.74) is 0.913. The molecule has 174 valence electrons. The van der Waals surface area contributed by atoms with Gasteiger partial charge in [0.05, 0.1) is 30.9 Å². The Morgan fingerprint density at radius 1 is 1.03 bits per heavy atom. The highest BCUT2D eigenvalue weighted by molar-refractivity contribution is 6.51. The first-order chi connectivity index (χ1) is 16.5. The molecule has 0 radical (unpaired) electrons. The minimum Gasteiger partial charge on any atom is -0.507 e. The van der Waals surface area contributed by atoms with Crippen molar-refractivity contribution in [3.63, 3.8) is 0 Å². The van der Waals surface area contributed by atoms with Gasteiger partial charge < -0.3 is 14.6 Å². The molecular weight excluding hydrogens is 437 g/mol. The molecule has 1 unspecified atom stereocenters. The van der Waals surface area contributed by atoms with Crippen LogP contribution in [0, 0.1) is 5.82 Å². The number of rotatable bonds is 7. The van der Waals surface area contributed by atoms with Crippen molar-refractivity contribution in [2.24, 2.45) is 0 Å². The number of para-hydroxylation sites is 1. The van der Waals surface area contributed by atoms with Crippen molar-refractivity contribution in [1.82, 2.24) is 0 Å². The molecule has 0 bridgehead atoms. The topological polar surface area (TPSA) is 76.1 Å². The zero-order chi connectivity index (χ0) is 24.2. The SMILES string of the molecule is CCCOc1ccc(C2/C(=C(\O)c3cc(F)ccc3OC)C(=O)C(=O)N2c2ccccc2)cc1. The second kappa shape index (κ2) is 9.79. The minimum atomic E-state index is -0.935. The van der Waals surface area contributed by atoms with Gasteiger partial charge in [0.2, 0.25) is 0 Å². The molecule has 1 atom stereocenters. The van der Waals surface area contributed by atoms with Crippen molar-refractivity contribution in [3.05, 3.63) is 95.3 Å². The number of methoxy groups -OCH3 is 1. The lowest BCUT2D eigenvalue weighted by Gasteiger charge is -2.25. The maximum absolute atomic E-state index is 14.0. The summed E-state index contributed by atoms with van der Waals surface area (Å²) < 4.78 is 25.0. The lowest BCUT2D eigenvalue weighted by molar-refractivity contribution is -0.132. The Morgan fingerprint density at radius 3 is 2.38 bits per heavy atom. The number of halogens is 1. The summed E-state index contributed by atoms with van der Waals surface area (Å²) in [7, 11) is 1.37. The fraction of sp³-hybridized carbons (Fsp3) is 0.185. The molecule has 3 aromatic rings. The fourth-order valence-electron chi connectivity index (χ4n) is 3.98. The number of Topliss-reactive ketones (excluding diaryl/α,β-unsaturated/α-hetero) is 1. The van der Waals surface area contributed by atoms with Gasteiger partial charge in [-0.05, 0) is 54.4 Å². The molecule has 1 N–H and O–H groups in total. The normalized spacial score (nSPS) is 17.1. The minimum absolute atomic E-state index is 0.0125. The van der Waals surface area contributed by atoms with Crippen LogP contribution >= 0.6 is 0 Å². The first-order valence-electron chi connectivity index (χ1n) is 10.9. The third-order valence-electron chi connectivity index (χ3n) is 5.56. The van der Waals surface area contributed by atoms with Crippen LogP contribution in [-0.2, 0) is 9.59 Å². The van der Waals surface area contributed by atoms with Gasteiger partial charge in [0, 0.05) is 5.69 Å². The molecule has 0 aliphatic carbocycles. The van der Waals surface area contributed by atoms with Crippen LogP contribution in [0.2, 0.25) is 0 Å². The number of ketones is 1. The van der Waals surface area contributed by atoms with E-state index in [0.717, 1.165) is 12.5 Å². The van der Waals surface area contributed by atoms with Crippen molar-refractivity contribution < 1.29 is 28.6 Å². The van der Waals surface area contributed by atoms with Crippen LogP contribution in [0.5, 0.6) is 11.5 Å². The smallest absolute Gasteiger partial charge is 0.300 e. The number of amides is 1. The first kappa shape index (κ1) is 23.0. The fourth-order valence-corrected chi connectivity index (χ4v) is 3.98. The average molecular weight is 461 g/mol. The molecule has 1 amide bonds. The van der Waals surface area contributed by atoms with E-state index in [1.54, 1.807) is 54.6 Å². The van der Waals surface area contributed by atoms with E-state index in [0.29, 0.717) is 23.6 Å². The molecule has 1 aliphatic heterocycles. The first-order valence-corrected chi connectivity index (χ1v) is 10.9. The summed E-state index contributed by atoms with van der Waals surface area (Å²) in [5, 5.41) is 11.2. The van der Waals surface area contributed by atoms with Crippen molar-refractivity contribution in [2.75, 3.05) is 18.6 Å². The Hall–Kier alpha value is -4.13. The Bertz CT molecular complexity index is 1240. The van der Waals surface area contributed by atoms with Crippen LogP contribution in [0.15, 0.2) is 78.4 Å². The third kappa shape index (κ3) is 4.24. The van der Waals surface area contributed by atoms with Gasteiger partial charge >= 0.3 is 0 Å². The number of hydrogen-bond donors (Lipinski definition) is 1. The van der Waals surface area contributed by atoms with E-state index in [1.807, 2.05) is 6.92 Å². The zero-order valence-corrected chi connectivity index (χ0v) is 18.8. The molecule has 0 spiro atoms. The van der Waals surface area contributed by atoms with Gasteiger partial charge in [-0.25, -0.2) is 4.39 Å². The van der Waals surface area contributed by atoms with Crippen LogP contribution in [0.1, 0.15) is 30.5 Å². The largest absolute Gasteiger partial charge is 0.507 e. The lowest BCUT2D eigenvalue weighted by Crippen LogP contribution is -2.29. The number of nitrogens with zero attached hydrogens (tertiary/aromatic N) is 1. The van der Waals surface area contributed by atoms with Gasteiger partial charge in [0.1, 0.15) is 23.1 Å². The zero-order valence-electron chi connectivity index (χ0n) is 18.8. The standard InChI is InChI=1S/C27H24FNO5/c1-3-15-34-20-12-9-17(10-13-20)24-23(25(30)21-16-18(28)11-14-22(21)33-2)26(31)27(32)29(24)19-7-5-4-6-8-19/h4-14,16,24,30H,3,15H2,1-2H3/b25-23+. The molecule has 7 heteroatoms. The Morgan fingerprint density at radius 2 is 1.74 bits per heavy atom. The second-order valence-corrected chi connectivity index (χ2v) is 7.77. The van der Waals surface area contributed by atoms with Crippen molar-refractivity contribution >= 4 is 23.1 Å². The second-order valence-electron chi connectivity index (χ2n) is 7.77. The van der Waals surface area contributed by atoms with Gasteiger partial charge in [0.15, 0.2) is 0 Å². The number of benzene rings is 3. The van der Waals surface area contributed by atoms with Gasteiger partial charge in [-0.2, -0.15) is 0 Å². The molecule has 1 aliphatic rings. The van der Waals surface area contributed by atoms with E-state index in [-0.39, 0.29) is 16.9 Å². The molecule has 1 fully saturated rings. The molecule has 34 heavy (non-hydrogen) atoms. The average Bonchev–Trinajstić information content (AvgIpc) is 3.13. The number of anilines is 1. The summed E-state index contributed by atoms with van der Waals surface area (Å²) in [6.45, 7) is 2.56. The molecule has 0 saturated carbocycles. The van der Waals surface area contributed by atoms with Crippen LogP contribution in [0.25, 0.3) is 5.76 Å². The van der Waals surface area contributed by atoms with Crippen LogP contribution in [0.3, 0.4) is 0 Å². The molecule has 1 saturated heterocycles. The maximum atomic E-state index is 14.0. The van der Waals surface area contributed by atoms with E-state index < -0.39 is 29.3 Å². The van der Waals surface area contributed by atoms with E-state index >= 15 is 0 Å². The Balaban J connectivity index is 1.91. The lowest BCUT2D eigenvalue weighted by atomic mass is 9.94. The summed E-state index contributed by atoms with van der Waals surface area (Å²) in [5.74, 6) is -1.97. The maximum Gasteiger partial charge on any atom is 0.300 e. The van der Waals surface area contributed by atoms with E-state index in [2.05, 4.69) is 0 Å². The van der Waals surface area contributed by atoms with E-state index in [1.165, 1.54) is 24.1 Å². The predicted octanol–water partition coefficient (Wildman–Crippen LogP) is 5.25. The molecule has 3 aromatic carbocycles. The Kier molecular flexibility index (Phi) is 6.63. The highest BCUT2D eigenvalue weighted by Crippen LogP contribution is 2.43. The number of carbonyl (C=O) groups excluding carboxylic acids is 2. The summed E-state index contributed by atoms with van der Waals surface area (Å²) in [6.07, 6.45) is 0.853. The molecular formula is C27H24FNO5. The molecule has 1 heterocycles. The molecule has 4 rings (SSSR count). The van der Waals surface area contributed by atoms with Gasteiger partial charge in [-0.15, -0.1) is 0 Å². The quantitative estimate of drug-likeness (QED) is 0.296. The highest BCUT2D eigenvalue weighted by atomic mass is 19.1. The van der Waals surface area contributed by atoms with E-state index in [9.17, 15) is 19.1 Å².